The highest BCUT2D eigenvalue weighted by atomic mass is 16.2. The molecule has 7 heteroatoms. The smallest absolute Gasteiger partial charge is 0.273 e. The van der Waals surface area contributed by atoms with E-state index >= 15 is 0 Å². The van der Waals surface area contributed by atoms with E-state index in [4.69, 9.17) is 5.84 Å². The molecule has 104 valence electrons. The highest BCUT2D eigenvalue weighted by Crippen LogP contribution is 2.07. The van der Waals surface area contributed by atoms with Crippen LogP contribution in [-0.4, -0.2) is 58.9 Å². The Bertz CT molecular complexity index is 415. The molecule has 1 aliphatic rings. The lowest BCUT2D eigenvalue weighted by Gasteiger charge is -2.21. The number of hydrogen-bond donors (Lipinski definition) is 2. The summed E-state index contributed by atoms with van der Waals surface area (Å²) in [6.07, 6.45) is 5.40. The predicted octanol–water partition coefficient (Wildman–Crippen LogP) is -0.0700. The minimum absolute atomic E-state index is 0.115. The maximum Gasteiger partial charge on any atom is 0.273 e. The molecule has 1 aliphatic heterocycles. The van der Waals surface area contributed by atoms with Gasteiger partial charge >= 0.3 is 0 Å². The molecule has 1 aromatic heterocycles. The van der Waals surface area contributed by atoms with E-state index in [0.717, 1.165) is 19.6 Å². The highest BCUT2D eigenvalue weighted by molar-refractivity contribution is 5.91. The molecule has 2 heterocycles. The lowest BCUT2D eigenvalue weighted by atomic mass is 10.3. The quantitative estimate of drug-likeness (QED) is 0.572. The minimum Gasteiger partial charge on any atom is -0.339 e. The molecule has 2 rings (SSSR count). The van der Waals surface area contributed by atoms with Gasteiger partial charge in [0.1, 0.15) is 5.69 Å². The van der Waals surface area contributed by atoms with Crippen LogP contribution in [0.4, 0.5) is 5.82 Å². The van der Waals surface area contributed by atoms with E-state index < -0.39 is 0 Å². The number of anilines is 1. The van der Waals surface area contributed by atoms with Crippen LogP contribution >= 0.6 is 0 Å². The van der Waals surface area contributed by atoms with Crippen molar-refractivity contribution in [2.45, 2.75) is 12.8 Å². The minimum atomic E-state index is -0.115. The number of amides is 1. The summed E-state index contributed by atoms with van der Waals surface area (Å²) in [5.41, 5.74) is 2.72. The number of nitrogens with zero attached hydrogens (tertiary/aromatic N) is 4. The maximum atomic E-state index is 12.1. The van der Waals surface area contributed by atoms with Gasteiger partial charge in [0.25, 0.3) is 5.91 Å². The van der Waals surface area contributed by atoms with Crippen molar-refractivity contribution in [2.75, 3.05) is 38.7 Å². The lowest BCUT2D eigenvalue weighted by Crippen LogP contribution is -2.35. The Hall–Kier alpha value is -1.73. The standard InChI is InChI=1S/C12H20N6O/c1-17(6-7-18-4-2-3-5-18)12(19)10-8-15-11(16-13)9-14-10/h8-9H,2-7,13H2,1H3,(H,15,16). The Morgan fingerprint density at radius 3 is 2.74 bits per heavy atom. The molecular weight excluding hydrogens is 244 g/mol. The third kappa shape index (κ3) is 3.62. The van der Waals surface area contributed by atoms with Gasteiger partial charge in [0, 0.05) is 20.1 Å². The highest BCUT2D eigenvalue weighted by Gasteiger charge is 2.16. The Morgan fingerprint density at radius 2 is 2.16 bits per heavy atom. The van der Waals surface area contributed by atoms with Crippen molar-refractivity contribution in [1.82, 2.24) is 19.8 Å². The summed E-state index contributed by atoms with van der Waals surface area (Å²) in [5, 5.41) is 0. The predicted molar refractivity (Wildman–Crippen MR) is 72.5 cm³/mol. The molecule has 1 fully saturated rings. The van der Waals surface area contributed by atoms with Crippen molar-refractivity contribution >= 4 is 11.7 Å². The zero-order valence-electron chi connectivity index (χ0n) is 11.2. The third-order valence-corrected chi connectivity index (χ3v) is 3.32. The summed E-state index contributed by atoms with van der Waals surface area (Å²) in [6.45, 7) is 3.90. The van der Waals surface area contributed by atoms with Crippen LogP contribution < -0.4 is 11.3 Å². The summed E-state index contributed by atoms with van der Waals surface area (Å²) >= 11 is 0. The zero-order valence-corrected chi connectivity index (χ0v) is 11.2. The molecule has 0 bridgehead atoms. The Kier molecular flexibility index (Phi) is 4.64. The molecule has 1 saturated heterocycles. The second-order valence-electron chi connectivity index (χ2n) is 4.71. The van der Waals surface area contributed by atoms with Gasteiger partial charge < -0.3 is 15.2 Å². The first kappa shape index (κ1) is 13.7. The van der Waals surface area contributed by atoms with Gasteiger partial charge in [0.05, 0.1) is 12.4 Å². The molecule has 0 radical (unpaired) electrons. The summed E-state index contributed by atoms with van der Waals surface area (Å²) in [5.74, 6) is 5.53. The molecule has 7 nitrogen and oxygen atoms in total. The molecular formula is C12H20N6O. The molecule has 0 aliphatic carbocycles. The fourth-order valence-corrected chi connectivity index (χ4v) is 2.11. The molecule has 1 amide bonds. The SMILES string of the molecule is CN(CCN1CCCC1)C(=O)c1cnc(NN)cn1. The monoisotopic (exact) mass is 264 g/mol. The molecule has 0 saturated carbocycles. The van der Waals surface area contributed by atoms with Gasteiger partial charge in [-0.2, -0.15) is 0 Å². The molecule has 3 N–H and O–H groups in total. The van der Waals surface area contributed by atoms with E-state index in [1.807, 2.05) is 0 Å². The molecule has 1 aromatic rings. The fraction of sp³-hybridized carbons (Fsp3) is 0.583. The van der Waals surface area contributed by atoms with Crippen molar-refractivity contribution < 1.29 is 4.79 Å². The van der Waals surface area contributed by atoms with Crippen molar-refractivity contribution in [3.8, 4) is 0 Å². The van der Waals surface area contributed by atoms with Crippen molar-refractivity contribution in [2.24, 2.45) is 5.84 Å². The second kappa shape index (κ2) is 6.44. The van der Waals surface area contributed by atoms with E-state index in [9.17, 15) is 4.79 Å². The number of likely N-dealkylation sites (N-methyl/N-ethyl adjacent to an activating group) is 1. The average molecular weight is 264 g/mol. The van der Waals surface area contributed by atoms with E-state index in [-0.39, 0.29) is 5.91 Å². The summed E-state index contributed by atoms with van der Waals surface area (Å²) in [4.78, 5) is 24.2. The number of hydrazine groups is 1. The zero-order chi connectivity index (χ0) is 13.7. The van der Waals surface area contributed by atoms with Crippen LogP contribution in [0.3, 0.4) is 0 Å². The number of nitrogens with one attached hydrogen (secondary N) is 1. The summed E-state index contributed by atoms with van der Waals surface area (Å²) in [6, 6.07) is 0. The van der Waals surface area contributed by atoms with Gasteiger partial charge in [-0.25, -0.2) is 15.8 Å². The van der Waals surface area contributed by atoms with Gasteiger partial charge in [-0.3, -0.25) is 4.79 Å². The fourth-order valence-electron chi connectivity index (χ4n) is 2.11. The van der Waals surface area contributed by atoms with Crippen LogP contribution in [0.1, 0.15) is 23.3 Å². The Labute approximate surface area is 112 Å². The molecule has 19 heavy (non-hydrogen) atoms. The second-order valence-corrected chi connectivity index (χ2v) is 4.71. The van der Waals surface area contributed by atoms with Crippen molar-refractivity contribution in [3.63, 3.8) is 0 Å². The largest absolute Gasteiger partial charge is 0.339 e. The number of rotatable bonds is 5. The maximum absolute atomic E-state index is 12.1. The lowest BCUT2D eigenvalue weighted by molar-refractivity contribution is 0.0776. The summed E-state index contributed by atoms with van der Waals surface area (Å²) in [7, 11) is 1.79. The molecule has 0 atom stereocenters. The topological polar surface area (TPSA) is 87.4 Å². The Morgan fingerprint density at radius 1 is 1.42 bits per heavy atom. The van der Waals surface area contributed by atoms with Crippen molar-refractivity contribution in [3.05, 3.63) is 18.1 Å². The van der Waals surface area contributed by atoms with Crippen LogP contribution in [0.15, 0.2) is 12.4 Å². The van der Waals surface area contributed by atoms with Gasteiger partial charge in [-0.05, 0) is 25.9 Å². The number of nitrogens with two attached hydrogens (primary N) is 1. The van der Waals surface area contributed by atoms with Crippen LogP contribution in [0.2, 0.25) is 0 Å². The number of hydrogen-bond acceptors (Lipinski definition) is 6. The van der Waals surface area contributed by atoms with Gasteiger partial charge in [0.15, 0.2) is 5.82 Å². The van der Waals surface area contributed by atoms with Crippen LogP contribution in [-0.2, 0) is 0 Å². The molecule has 0 spiro atoms. The van der Waals surface area contributed by atoms with Crippen LogP contribution in [0.5, 0.6) is 0 Å². The first-order valence-corrected chi connectivity index (χ1v) is 6.47. The average Bonchev–Trinajstić information content (AvgIpc) is 2.97. The van der Waals surface area contributed by atoms with Crippen molar-refractivity contribution in [1.29, 1.82) is 0 Å². The first-order valence-electron chi connectivity index (χ1n) is 6.47. The van der Waals surface area contributed by atoms with E-state index in [0.29, 0.717) is 18.1 Å². The number of likely N-dealkylation sites (tertiary alicyclic amines) is 1. The first-order chi connectivity index (χ1) is 9.20. The normalized spacial score (nSPS) is 15.5. The van der Waals surface area contributed by atoms with Gasteiger partial charge in [-0.15, -0.1) is 0 Å². The molecule has 0 unspecified atom stereocenters. The number of nitrogen functional groups attached to an aromatic ring is 1. The van der Waals surface area contributed by atoms with E-state index in [2.05, 4.69) is 20.3 Å². The van der Waals surface area contributed by atoms with Gasteiger partial charge in [0.2, 0.25) is 0 Å². The van der Waals surface area contributed by atoms with Crippen LogP contribution in [0, 0.1) is 0 Å². The van der Waals surface area contributed by atoms with Crippen LogP contribution in [0.25, 0.3) is 0 Å². The third-order valence-electron chi connectivity index (χ3n) is 3.32. The summed E-state index contributed by atoms with van der Waals surface area (Å²) < 4.78 is 0. The Balaban J connectivity index is 1.86. The number of carbonyl (C=O) groups excluding carboxylic acids is 1. The van der Waals surface area contributed by atoms with E-state index in [1.54, 1.807) is 11.9 Å². The van der Waals surface area contributed by atoms with Gasteiger partial charge in [-0.1, -0.05) is 0 Å². The molecule has 0 aromatic carbocycles. The number of aromatic nitrogens is 2. The number of carbonyl (C=O) groups is 1. The van der Waals surface area contributed by atoms with E-state index in [1.165, 1.54) is 25.2 Å².